The van der Waals surface area contributed by atoms with Gasteiger partial charge in [0.25, 0.3) is 11.8 Å². The number of nitrogens with one attached hydrogen (secondary N) is 2. The van der Waals surface area contributed by atoms with Crippen LogP contribution in [0, 0.1) is 13.8 Å². The van der Waals surface area contributed by atoms with E-state index in [1.807, 2.05) is 48.5 Å². The Kier molecular flexibility index (Phi) is 10.7. The first-order valence-electron chi connectivity index (χ1n) is 13.1. The Bertz CT molecular complexity index is 1630. The highest BCUT2D eigenvalue weighted by molar-refractivity contribution is 8.01. The molecule has 0 spiro atoms. The lowest BCUT2D eigenvalue weighted by Gasteiger charge is -2.19. The van der Waals surface area contributed by atoms with E-state index in [4.69, 9.17) is 0 Å². The summed E-state index contributed by atoms with van der Waals surface area (Å²) in [6.07, 6.45) is 2.94. The molecule has 0 atom stereocenters. The fourth-order valence-electron chi connectivity index (χ4n) is 3.23. The average Bonchev–Trinajstić information content (AvgIpc) is 3.55. The van der Waals surface area contributed by atoms with Crippen molar-refractivity contribution >= 4 is 56.1 Å². The minimum Gasteiger partial charge on any atom is -0.347 e. The SMILES string of the molecule is Cc1ccc(S(=O)(=O)c2ncc(C(=O)NC(C)(C)C)s2)cc1.Cc1ccc(Sc2ncc(C(=O)NC(C)(C)C)s2)cc1. The van der Waals surface area contributed by atoms with Crippen molar-refractivity contribution in [2.24, 2.45) is 0 Å². The molecule has 2 amide bonds. The first kappa shape index (κ1) is 33.4. The number of thiazole rings is 2. The molecule has 0 radical (unpaired) electrons. The topological polar surface area (TPSA) is 118 Å². The van der Waals surface area contributed by atoms with Crippen molar-refractivity contribution in [2.75, 3.05) is 0 Å². The number of sulfone groups is 1. The van der Waals surface area contributed by atoms with E-state index in [2.05, 4.69) is 51.8 Å². The first-order valence-corrected chi connectivity index (χ1v) is 17.0. The summed E-state index contributed by atoms with van der Waals surface area (Å²) in [7, 11) is -3.68. The summed E-state index contributed by atoms with van der Waals surface area (Å²) in [4.78, 5) is 34.5. The molecule has 224 valence electrons. The molecule has 0 aliphatic carbocycles. The average molecular weight is 645 g/mol. The minimum atomic E-state index is -3.68. The molecule has 8 nitrogen and oxygen atoms in total. The van der Waals surface area contributed by atoms with Gasteiger partial charge in [0.15, 0.2) is 4.34 Å². The number of carbonyl (C=O) groups is 2. The fraction of sp³-hybridized carbons (Fsp3) is 0.333. The zero-order valence-electron chi connectivity index (χ0n) is 24.9. The number of hydrogen-bond acceptors (Lipinski definition) is 9. The molecule has 0 aliphatic rings. The molecule has 0 bridgehead atoms. The van der Waals surface area contributed by atoms with Crippen LogP contribution in [0.5, 0.6) is 0 Å². The zero-order chi connectivity index (χ0) is 31.3. The molecule has 0 saturated carbocycles. The Labute approximate surface area is 260 Å². The molecule has 42 heavy (non-hydrogen) atoms. The number of rotatable bonds is 6. The summed E-state index contributed by atoms with van der Waals surface area (Å²) in [6.45, 7) is 15.4. The van der Waals surface area contributed by atoms with E-state index in [1.165, 1.54) is 23.1 Å². The molecular formula is C30H36N4O4S4. The predicted octanol–water partition coefficient (Wildman–Crippen LogP) is 6.94. The second-order valence-electron chi connectivity index (χ2n) is 11.6. The second kappa shape index (κ2) is 13.5. The molecule has 4 rings (SSSR count). The van der Waals surface area contributed by atoms with Crippen LogP contribution in [0.3, 0.4) is 0 Å². The molecule has 2 heterocycles. The number of aromatic nitrogens is 2. The van der Waals surface area contributed by atoms with Crippen LogP contribution in [-0.2, 0) is 9.84 Å². The van der Waals surface area contributed by atoms with Gasteiger partial charge < -0.3 is 10.6 Å². The molecule has 2 aromatic carbocycles. The molecular weight excluding hydrogens is 609 g/mol. The van der Waals surface area contributed by atoms with Crippen LogP contribution in [0.2, 0.25) is 0 Å². The van der Waals surface area contributed by atoms with Crippen LogP contribution < -0.4 is 10.6 Å². The lowest BCUT2D eigenvalue weighted by molar-refractivity contribution is 0.0914. The van der Waals surface area contributed by atoms with Gasteiger partial charge in [0.1, 0.15) is 9.75 Å². The Morgan fingerprint density at radius 2 is 1.17 bits per heavy atom. The summed E-state index contributed by atoms with van der Waals surface area (Å²) in [5, 5.41) is 5.73. The first-order chi connectivity index (χ1) is 19.4. The standard InChI is InChI=1S/C15H18N2O3S2.C15H18N2OS2/c1-10-5-7-11(8-6-10)22(19,20)14-16-9-12(21-14)13(18)17-15(2,3)4;1-10-5-7-11(8-6-10)19-14-16-9-12(20-14)13(18)17-15(2,3)4/h5-9H,1-4H3,(H,17,18);5-9H,1-4H3,(H,17,18). The Balaban J connectivity index is 0.000000231. The largest absolute Gasteiger partial charge is 0.347 e. The van der Waals surface area contributed by atoms with Crippen LogP contribution in [-0.4, -0.2) is 41.3 Å². The summed E-state index contributed by atoms with van der Waals surface area (Å²) in [5.74, 6) is -0.388. The zero-order valence-corrected chi connectivity index (χ0v) is 28.2. The summed E-state index contributed by atoms with van der Waals surface area (Å²) in [5.41, 5.74) is 1.59. The fourth-order valence-corrected chi connectivity index (χ4v) is 7.50. The lowest BCUT2D eigenvalue weighted by atomic mass is 10.1. The van der Waals surface area contributed by atoms with Gasteiger partial charge in [-0.2, -0.15) is 0 Å². The van der Waals surface area contributed by atoms with Crippen molar-refractivity contribution in [1.29, 1.82) is 0 Å². The van der Waals surface area contributed by atoms with Gasteiger partial charge in [-0.15, -0.1) is 11.3 Å². The monoisotopic (exact) mass is 644 g/mol. The molecule has 0 fully saturated rings. The van der Waals surface area contributed by atoms with E-state index in [0.29, 0.717) is 4.88 Å². The van der Waals surface area contributed by atoms with Gasteiger partial charge in [-0.25, -0.2) is 18.4 Å². The van der Waals surface area contributed by atoms with Crippen molar-refractivity contribution in [3.8, 4) is 0 Å². The van der Waals surface area contributed by atoms with E-state index in [0.717, 1.165) is 26.1 Å². The Morgan fingerprint density at radius 3 is 1.67 bits per heavy atom. The second-order valence-corrected chi connectivity index (χ2v) is 17.1. The smallest absolute Gasteiger partial charge is 0.263 e. The maximum atomic E-state index is 12.5. The van der Waals surface area contributed by atoms with E-state index in [9.17, 15) is 18.0 Å². The number of aryl methyl sites for hydroxylation is 2. The van der Waals surface area contributed by atoms with Crippen LogP contribution in [0.25, 0.3) is 0 Å². The van der Waals surface area contributed by atoms with Crippen LogP contribution in [0.4, 0.5) is 0 Å². The number of amides is 2. The summed E-state index contributed by atoms with van der Waals surface area (Å²) in [6, 6.07) is 14.8. The molecule has 0 saturated heterocycles. The summed E-state index contributed by atoms with van der Waals surface area (Å²) < 4.78 is 25.8. The van der Waals surface area contributed by atoms with Crippen LogP contribution >= 0.6 is 34.4 Å². The van der Waals surface area contributed by atoms with E-state index in [-0.39, 0.29) is 31.5 Å². The van der Waals surface area contributed by atoms with Crippen molar-refractivity contribution in [3.05, 3.63) is 81.8 Å². The van der Waals surface area contributed by atoms with Gasteiger partial charge in [0.2, 0.25) is 14.2 Å². The third-order valence-corrected chi connectivity index (χ3v) is 10.4. The van der Waals surface area contributed by atoms with Crippen LogP contribution in [0.15, 0.2) is 79.4 Å². The van der Waals surface area contributed by atoms with E-state index in [1.54, 1.807) is 42.2 Å². The number of benzene rings is 2. The predicted molar refractivity (Wildman–Crippen MR) is 171 cm³/mol. The highest BCUT2D eigenvalue weighted by Gasteiger charge is 2.25. The Hall–Kier alpha value is -3.06. The summed E-state index contributed by atoms with van der Waals surface area (Å²) >= 11 is 3.88. The highest BCUT2D eigenvalue weighted by Crippen LogP contribution is 2.31. The molecule has 0 unspecified atom stereocenters. The normalized spacial score (nSPS) is 11.8. The number of hydrogen-bond donors (Lipinski definition) is 2. The van der Waals surface area contributed by atoms with Crippen molar-refractivity contribution in [1.82, 2.24) is 20.6 Å². The van der Waals surface area contributed by atoms with E-state index < -0.39 is 15.4 Å². The van der Waals surface area contributed by atoms with Crippen molar-refractivity contribution in [3.63, 3.8) is 0 Å². The van der Waals surface area contributed by atoms with Gasteiger partial charge in [0.05, 0.1) is 17.3 Å². The third kappa shape index (κ3) is 10.0. The third-order valence-electron chi connectivity index (χ3n) is 5.18. The lowest BCUT2D eigenvalue weighted by Crippen LogP contribution is -2.40. The molecule has 0 aliphatic heterocycles. The van der Waals surface area contributed by atoms with E-state index >= 15 is 0 Å². The quantitative estimate of drug-likeness (QED) is 0.233. The molecule has 4 aromatic rings. The molecule has 2 aromatic heterocycles. The molecule has 2 N–H and O–H groups in total. The highest BCUT2D eigenvalue weighted by atomic mass is 32.2. The Morgan fingerprint density at radius 1 is 0.714 bits per heavy atom. The molecule has 12 heteroatoms. The van der Waals surface area contributed by atoms with Gasteiger partial charge >= 0.3 is 0 Å². The maximum Gasteiger partial charge on any atom is 0.263 e. The number of carbonyl (C=O) groups excluding carboxylic acids is 2. The van der Waals surface area contributed by atoms with Gasteiger partial charge in [-0.3, -0.25) is 9.59 Å². The van der Waals surface area contributed by atoms with Crippen molar-refractivity contribution < 1.29 is 18.0 Å². The van der Waals surface area contributed by atoms with Gasteiger partial charge in [0, 0.05) is 16.0 Å². The number of nitrogens with zero attached hydrogens (tertiary/aromatic N) is 2. The van der Waals surface area contributed by atoms with Gasteiger partial charge in [-0.1, -0.05) is 58.5 Å². The minimum absolute atomic E-state index is 0.0641. The van der Waals surface area contributed by atoms with Crippen molar-refractivity contribution in [2.45, 2.75) is 84.9 Å². The maximum absolute atomic E-state index is 12.5. The van der Waals surface area contributed by atoms with Gasteiger partial charge in [-0.05, 0) is 79.7 Å². The van der Waals surface area contributed by atoms with Crippen LogP contribution in [0.1, 0.15) is 72.0 Å².